The second-order valence-electron chi connectivity index (χ2n) is 5.99. The Hall–Kier alpha value is -0.0831. The van der Waals surface area contributed by atoms with Gasteiger partial charge in [-0.1, -0.05) is 32.4 Å². The van der Waals surface area contributed by atoms with Crippen LogP contribution in [0.1, 0.15) is 40.5 Å². The second kappa shape index (κ2) is 3.82. The first-order valence-corrected chi connectivity index (χ1v) is 8.47. The van der Waals surface area contributed by atoms with Crippen LogP contribution in [-0.2, 0) is 4.43 Å². The van der Waals surface area contributed by atoms with Crippen molar-refractivity contribution in [3.8, 4) is 0 Å². The maximum atomic E-state index is 6.32. The van der Waals surface area contributed by atoms with E-state index in [2.05, 4.69) is 46.9 Å². The highest BCUT2D eigenvalue weighted by Crippen LogP contribution is 2.39. The highest BCUT2D eigenvalue weighted by atomic mass is 28.4. The minimum Gasteiger partial charge on any atom is -0.413 e. The lowest BCUT2D eigenvalue weighted by atomic mass is 10.2. The van der Waals surface area contributed by atoms with Crippen LogP contribution in [0.25, 0.3) is 0 Å². The highest BCUT2D eigenvalue weighted by Gasteiger charge is 2.39. The monoisotopic (exact) mass is 212 g/mol. The molecule has 0 aromatic heterocycles. The Labute approximate surface area is 89.7 Å². The summed E-state index contributed by atoms with van der Waals surface area (Å²) in [5.74, 6) is 0. The van der Waals surface area contributed by atoms with E-state index in [9.17, 15) is 0 Å². The summed E-state index contributed by atoms with van der Waals surface area (Å²) in [6.07, 6.45) is 5.05. The van der Waals surface area contributed by atoms with Crippen molar-refractivity contribution in [2.45, 2.75) is 64.8 Å². The Morgan fingerprint density at radius 2 is 1.93 bits per heavy atom. The van der Waals surface area contributed by atoms with Gasteiger partial charge in [-0.2, -0.15) is 0 Å². The third-order valence-corrected chi connectivity index (χ3v) is 8.08. The molecule has 0 aromatic rings. The topological polar surface area (TPSA) is 9.23 Å². The lowest BCUT2D eigenvalue weighted by molar-refractivity contribution is 0.192. The fraction of sp³-hybridized carbons (Fsp3) is 0.833. The van der Waals surface area contributed by atoms with Crippen molar-refractivity contribution in [1.82, 2.24) is 0 Å². The van der Waals surface area contributed by atoms with Crippen molar-refractivity contribution in [3.05, 3.63) is 11.6 Å². The molecule has 0 heterocycles. The van der Waals surface area contributed by atoms with Gasteiger partial charge in [0.25, 0.3) is 0 Å². The van der Waals surface area contributed by atoms with Gasteiger partial charge in [-0.05, 0) is 37.9 Å². The summed E-state index contributed by atoms with van der Waals surface area (Å²) in [6.45, 7) is 13.8. The lowest BCUT2D eigenvalue weighted by Crippen LogP contribution is -2.43. The second-order valence-corrected chi connectivity index (χ2v) is 10.7. The average Bonchev–Trinajstić information content (AvgIpc) is 2.31. The molecule has 1 aliphatic rings. The summed E-state index contributed by atoms with van der Waals surface area (Å²) >= 11 is 0. The zero-order valence-corrected chi connectivity index (χ0v) is 11.5. The van der Waals surface area contributed by atoms with Crippen molar-refractivity contribution in [2.75, 3.05) is 0 Å². The Balaban J connectivity index is 2.53. The Morgan fingerprint density at radius 1 is 1.36 bits per heavy atom. The first-order chi connectivity index (χ1) is 6.22. The standard InChI is InChI=1S/C12H24OSi/c1-10-7-8-11(9-10)13-14(5,6)12(2,3)4/h7,11H,8-9H2,1-6H3. The predicted molar refractivity (Wildman–Crippen MR) is 65.1 cm³/mol. The van der Waals surface area contributed by atoms with Crippen LogP contribution in [0.5, 0.6) is 0 Å². The van der Waals surface area contributed by atoms with E-state index in [1.807, 2.05) is 0 Å². The molecule has 0 bridgehead atoms. The van der Waals surface area contributed by atoms with E-state index in [4.69, 9.17) is 4.43 Å². The van der Waals surface area contributed by atoms with E-state index in [-0.39, 0.29) is 0 Å². The summed E-state index contributed by atoms with van der Waals surface area (Å²) in [6, 6.07) is 0. The molecule has 0 saturated carbocycles. The summed E-state index contributed by atoms with van der Waals surface area (Å²) < 4.78 is 6.32. The van der Waals surface area contributed by atoms with E-state index >= 15 is 0 Å². The molecule has 0 radical (unpaired) electrons. The van der Waals surface area contributed by atoms with Gasteiger partial charge in [0.05, 0.1) is 6.10 Å². The molecule has 1 unspecified atom stereocenters. The van der Waals surface area contributed by atoms with E-state index in [1.54, 1.807) is 0 Å². The maximum absolute atomic E-state index is 6.32. The van der Waals surface area contributed by atoms with Gasteiger partial charge in [-0.25, -0.2) is 0 Å². The minimum absolute atomic E-state index is 0.337. The van der Waals surface area contributed by atoms with Crippen LogP contribution >= 0.6 is 0 Å². The minimum atomic E-state index is -1.53. The molecular formula is C12H24OSi. The van der Waals surface area contributed by atoms with Crippen molar-refractivity contribution < 1.29 is 4.43 Å². The van der Waals surface area contributed by atoms with Crippen LogP contribution in [-0.4, -0.2) is 14.4 Å². The molecule has 0 aliphatic heterocycles. The van der Waals surface area contributed by atoms with Crippen LogP contribution in [0.3, 0.4) is 0 Å². The first kappa shape index (κ1) is 12.0. The SMILES string of the molecule is CC1=CCC(O[Si](C)(C)C(C)(C)C)C1. The van der Waals surface area contributed by atoms with Gasteiger partial charge in [0.2, 0.25) is 0 Å². The largest absolute Gasteiger partial charge is 0.413 e. The molecule has 0 spiro atoms. The van der Waals surface area contributed by atoms with Gasteiger partial charge < -0.3 is 4.43 Å². The highest BCUT2D eigenvalue weighted by molar-refractivity contribution is 6.74. The molecule has 82 valence electrons. The molecule has 1 nitrogen and oxygen atoms in total. The molecule has 0 saturated heterocycles. The molecule has 1 aliphatic carbocycles. The third kappa shape index (κ3) is 2.70. The molecular weight excluding hydrogens is 188 g/mol. The van der Waals surface area contributed by atoms with Crippen LogP contribution in [0.4, 0.5) is 0 Å². The molecule has 2 heteroatoms. The van der Waals surface area contributed by atoms with Gasteiger partial charge in [0, 0.05) is 0 Å². The average molecular weight is 212 g/mol. The summed E-state index contributed by atoms with van der Waals surface area (Å²) in [7, 11) is -1.53. The number of hydrogen-bond donors (Lipinski definition) is 0. The van der Waals surface area contributed by atoms with Gasteiger partial charge in [0.15, 0.2) is 8.32 Å². The maximum Gasteiger partial charge on any atom is 0.192 e. The Bertz CT molecular complexity index is 235. The van der Waals surface area contributed by atoms with E-state index in [0.717, 1.165) is 12.8 Å². The smallest absolute Gasteiger partial charge is 0.192 e. The zero-order chi connectivity index (χ0) is 11.0. The van der Waals surface area contributed by atoms with Gasteiger partial charge in [-0.15, -0.1) is 0 Å². The van der Waals surface area contributed by atoms with Crippen molar-refractivity contribution in [3.63, 3.8) is 0 Å². The van der Waals surface area contributed by atoms with Crippen LogP contribution in [0.2, 0.25) is 18.1 Å². The fourth-order valence-corrected chi connectivity index (χ4v) is 2.91. The van der Waals surface area contributed by atoms with Crippen LogP contribution in [0.15, 0.2) is 11.6 Å². The van der Waals surface area contributed by atoms with E-state index in [0.29, 0.717) is 11.1 Å². The molecule has 0 N–H and O–H groups in total. The third-order valence-electron chi connectivity index (χ3n) is 3.55. The molecule has 1 rings (SSSR count). The Morgan fingerprint density at radius 3 is 2.29 bits per heavy atom. The number of rotatable bonds is 2. The lowest BCUT2D eigenvalue weighted by Gasteiger charge is -2.38. The van der Waals surface area contributed by atoms with Gasteiger partial charge >= 0.3 is 0 Å². The molecule has 0 aromatic carbocycles. The summed E-state index contributed by atoms with van der Waals surface area (Å²) in [5, 5.41) is 0.337. The number of hydrogen-bond acceptors (Lipinski definition) is 1. The van der Waals surface area contributed by atoms with Crippen LogP contribution in [0, 0.1) is 0 Å². The normalized spacial score (nSPS) is 23.9. The Kier molecular flexibility index (Phi) is 3.27. The fourth-order valence-electron chi connectivity index (χ4n) is 1.54. The molecule has 14 heavy (non-hydrogen) atoms. The molecule has 0 amide bonds. The quantitative estimate of drug-likeness (QED) is 0.494. The van der Waals surface area contributed by atoms with Crippen molar-refractivity contribution in [1.29, 1.82) is 0 Å². The summed E-state index contributed by atoms with van der Waals surface area (Å²) in [5.41, 5.74) is 1.49. The van der Waals surface area contributed by atoms with Crippen LogP contribution < -0.4 is 0 Å². The zero-order valence-electron chi connectivity index (χ0n) is 10.5. The molecule has 1 atom stereocenters. The van der Waals surface area contributed by atoms with Gasteiger partial charge in [0.1, 0.15) is 0 Å². The molecule has 0 fully saturated rings. The summed E-state index contributed by atoms with van der Waals surface area (Å²) in [4.78, 5) is 0. The van der Waals surface area contributed by atoms with E-state index in [1.165, 1.54) is 5.57 Å². The predicted octanol–water partition coefficient (Wildman–Crippen LogP) is 4.12. The van der Waals surface area contributed by atoms with Gasteiger partial charge in [-0.3, -0.25) is 0 Å². The first-order valence-electron chi connectivity index (χ1n) is 5.56. The van der Waals surface area contributed by atoms with Crippen molar-refractivity contribution >= 4 is 8.32 Å². The van der Waals surface area contributed by atoms with Crippen molar-refractivity contribution in [2.24, 2.45) is 0 Å². The van der Waals surface area contributed by atoms with E-state index < -0.39 is 8.32 Å².